The van der Waals surface area contributed by atoms with E-state index in [4.69, 9.17) is 21.5 Å². The molecule has 0 bridgehead atoms. The van der Waals surface area contributed by atoms with E-state index < -0.39 is 11.9 Å². The maximum atomic E-state index is 11.2. The van der Waals surface area contributed by atoms with E-state index >= 15 is 0 Å². The summed E-state index contributed by atoms with van der Waals surface area (Å²) in [6.45, 7) is 0. The number of anilines is 1. The van der Waals surface area contributed by atoms with Gasteiger partial charge in [0.1, 0.15) is 0 Å². The molecule has 0 spiro atoms. The molecular formula is C14H10N4O4. The first-order valence-electron chi connectivity index (χ1n) is 5.99. The minimum atomic E-state index is -1.25. The summed E-state index contributed by atoms with van der Waals surface area (Å²) in [5.41, 5.74) is 14.8. The van der Waals surface area contributed by atoms with Gasteiger partial charge < -0.3 is 15.9 Å². The van der Waals surface area contributed by atoms with Gasteiger partial charge in [-0.1, -0.05) is 23.3 Å². The lowest BCUT2D eigenvalue weighted by molar-refractivity contribution is 0.0687. The fraction of sp³-hybridized carbons (Fsp3) is 0. The molecule has 0 saturated carbocycles. The molecule has 0 radical (unpaired) electrons. The number of benzene rings is 2. The summed E-state index contributed by atoms with van der Waals surface area (Å²) >= 11 is 0. The summed E-state index contributed by atoms with van der Waals surface area (Å²) in [5.74, 6) is -2.43. The van der Waals surface area contributed by atoms with Crippen LogP contribution in [0.15, 0.2) is 41.5 Å². The number of hydrogen-bond acceptors (Lipinski definition) is 4. The molecule has 0 aliphatic carbocycles. The standard InChI is InChI=1S/C14H10N4O4/c15-11-3-1-7(5-9(11)13(19)20)8-2-4-12(17-18-16)10(6-8)14(21)22/h1-6H,15H2,(H,19,20)(H,21,22). The van der Waals surface area contributed by atoms with Crippen LogP contribution in [-0.4, -0.2) is 22.2 Å². The van der Waals surface area contributed by atoms with E-state index in [9.17, 15) is 9.59 Å². The molecule has 0 heterocycles. The van der Waals surface area contributed by atoms with E-state index in [0.29, 0.717) is 11.1 Å². The van der Waals surface area contributed by atoms with Gasteiger partial charge in [0, 0.05) is 10.6 Å². The lowest BCUT2D eigenvalue weighted by Gasteiger charge is -2.08. The number of nitrogen functional groups attached to an aromatic ring is 1. The van der Waals surface area contributed by atoms with Gasteiger partial charge in [0.2, 0.25) is 0 Å². The normalized spacial score (nSPS) is 9.82. The van der Waals surface area contributed by atoms with Crippen LogP contribution < -0.4 is 5.73 Å². The molecule has 0 amide bonds. The Morgan fingerprint density at radius 1 is 1.00 bits per heavy atom. The van der Waals surface area contributed by atoms with Crippen molar-refractivity contribution in [3.63, 3.8) is 0 Å². The van der Waals surface area contributed by atoms with Crippen LogP contribution in [0.25, 0.3) is 21.6 Å². The third kappa shape index (κ3) is 2.82. The van der Waals surface area contributed by atoms with E-state index in [-0.39, 0.29) is 22.5 Å². The zero-order valence-electron chi connectivity index (χ0n) is 11.1. The Labute approximate surface area is 124 Å². The highest BCUT2D eigenvalue weighted by Gasteiger charge is 2.13. The first-order chi connectivity index (χ1) is 10.4. The molecule has 8 heteroatoms. The van der Waals surface area contributed by atoms with E-state index in [1.807, 2.05) is 0 Å². The molecule has 2 aromatic carbocycles. The number of nitrogens with zero attached hydrogens (tertiary/aromatic N) is 3. The SMILES string of the molecule is [N-]=[N+]=Nc1ccc(-c2ccc(N)c(C(=O)O)c2)cc1C(=O)O. The number of aromatic carboxylic acids is 2. The summed E-state index contributed by atoms with van der Waals surface area (Å²) in [7, 11) is 0. The first-order valence-corrected chi connectivity index (χ1v) is 5.99. The lowest BCUT2D eigenvalue weighted by Crippen LogP contribution is -2.02. The Bertz CT molecular complexity index is 826. The van der Waals surface area contributed by atoms with Crippen molar-refractivity contribution in [3.8, 4) is 11.1 Å². The Hall–Kier alpha value is -3.51. The third-order valence-corrected chi connectivity index (χ3v) is 3.00. The number of carboxylic acids is 2. The van der Waals surface area contributed by atoms with Crippen molar-refractivity contribution in [1.82, 2.24) is 0 Å². The molecular weight excluding hydrogens is 288 g/mol. The molecule has 2 aromatic rings. The molecule has 0 fully saturated rings. The van der Waals surface area contributed by atoms with E-state index in [1.54, 1.807) is 6.07 Å². The van der Waals surface area contributed by atoms with E-state index in [2.05, 4.69) is 10.0 Å². The minimum Gasteiger partial charge on any atom is -0.478 e. The van der Waals surface area contributed by atoms with E-state index in [1.165, 1.54) is 30.3 Å². The van der Waals surface area contributed by atoms with Gasteiger partial charge in [-0.3, -0.25) is 0 Å². The zero-order valence-corrected chi connectivity index (χ0v) is 11.1. The van der Waals surface area contributed by atoms with Gasteiger partial charge in [-0.25, -0.2) is 9.59 Å². The number of nitrogens with two attached hydrogens (primary N) is 1. The van der Waals surface area contributed by atoms with Crippen molar-refractivity contribution < 1.29 is 19.8 Å². The molecule has 110 valence electrons. The van der Waals surface area contributed by atoms with Crippen molar-refractivity contribution in [3.05, 3.63) is 58.0 Å². The fourth-order valence-corrected chi connectivity index (χ4v) is 1.94. The van der Waals surface area contributed by atoms with Gasteiger partial charge in [0.15, 0.2) is 0 Å². The molecule has 22 heavy (non-hydrogen) atoms. The summed E-state index contributed by atoms with van der Waals surface area (Å²) in [5, 5.41) is 21.5. The number of hydrogen-bond donors (Lipinski definition) is 3. The monoisotopic (exact) mass is 298 g/mol. The molecule has 0 aromatic heterocycles. The predicted molar refractivity (Wildman–Crippen MR) is 79.0 cm³/mol. The Morgan fingerprint density at radius 2 is 1.55 bits per heavy atom. The summed E-state index contributed by atoms with van der Waals surface area (Å²) in [6, 6.07) is 8.56. The lowest BCUT2D eigenvalue weighted by atomic mass is 9.99. The minimum absolute atomic E-state index is 0.0207. The summed E-state index contributed by atoms with van der Waals surface area (Å²) in [4.78, 5) is 24.9. The quantitative estimate of drug-likeness (QED) is 0.342. The van der Waals surface area contributed by atoms with Gasteiger partial charge >= 0.3 is 11.9 Å². The highest BCUT2D eigenvalue weighted by molar-refractivity contribution is 5.97. The van der Waals surface area contributed by atoms with Gasteiger partial charge in [0.25, 0.3) is 0 Å². The molecule has 0 saturated heterocycles. The second-order valence-corrected chi connectivity index (χ2v) is 4.33. The molecule has 8 nitrogen and oxygen atoms in total. The number of carbonyl (C=O) groups is 2. The van der Waals surface area contributed by atoms with Crippen LogP contribution in [0.1, 0.15) is 20.7 Å². The van der Waals surface area contributed by atoms with E-state index in [0.717, 1.165) is 0 Å². The molecule has 0 atom stereocenters. The second kappa shape index (κ2) is 5.86. The van der Waals surface area contributed by atoms with Crippen molar-refractivity contribution >= 4 is 23.3 Å². The number of azide groups is 1. The van der Waals surface area contributed by atoms with Gasteiger partial charge in [-0.2, -0.15) is 0 Å². The van der Waals surface area contributed by atoms with Crippen LogP contribution in [0.2, 0.25) is 0 Å². The van der Waals surface area contributed by atoms with Crippen LogP contribution in [0.4, 0.5) is 11.4 Å². The van der Waals surface area contributed by atoms with Crippen molar-refractivity contribution in [2.75, 3.05) is 5.73 Å². The molecule has 2 rings (SSSR count). The van der Waals surface area contributed by atoms with Crippen LogP contribution in [-0.2, 0) is 0 Å². The highest BCUT2D eigenvalue weighted by atomic mass is 16.4. The van der Waals surface area contributed by atoms with Crippen molar-refractivity contribution in [1.29, 1.82) is 0 Å². The Morgan fingerprint density at radius 3 is 2.09 bits per heavy atom. The Balaban J connectivity index is 2.61. The topological polar surface area (TPSA) is 149 Å². The number of carboxylic acid groups (broad SMARTS) is 2. The second-order valence-electron chi connectivity index (χ2n) is 4.33. The van der Waals surface area contributed by atoms with Crippen LogP contribution in [0, 0.1) is 0 Å². The van der Waals surface area contributed by atoms with Gasteiger partial charge in [-0.05, 0) is 34.9 Å². The van der Waals surface area contributed by atoms with Crippen LogP contribution >= 0.6 is 0 Å². The highest BCUT2D eigenvalue weighted by Crippen LogP contribution is 2.29. The molecule has 0 unspecified atom stereocenters. The van der Waals surface area contributed by atoms with Crippen molar-refractivity contribution in [2.45, 2.75) is 0 Å². The average molecular weight is 298 g/mol. The van der Waals surface area contributed by atoms with Gasteiger partial charge in [-0.15, -0.1) is 0 Å². The third-order valence-electron chi connectivity index (χ3n) is 3.00. The van der Waals surface area contributed by atoms with Crippen molar-refractivity contribution in [2.24, 2.45) is 5.11 Å². The first kappa shape index (κ1) is 14.9. The summed E-state index contributed by atoms with van der Waals surface area (Å²) in [6.07, 6.45) is 0. The molecule has 4 N–H and O–H groups in total. The van der Waals surface area contributed by atoms with Gasteiger partial charge in [0.05, 0.1) is 16.8 Å². The maximum absolute atomic E-state index is 11.2. The largest absolute Gasteiger partial charge is 0.478 e. The Kier molecular flexibility index (Phi) is 3.97. The van der Waals surface area contributed by atoms with Crippen LogP contribution in [0.3, 0.4) is 0 Å². The average Bonchev–Trinajstić information content (AvgIpc) is 2.48. The van der Waals surface area contributed by atoms with Crippen LogP contribution in [0.5, 0.6) is 0 Å². The molecule has 0 aliphatic rings. The zero-order chi connectivity index (χ0) is 16.3. The maximum Gasteiger partial charge on any atom is 0.337 e. The predicted octanol–water partition coefficient (Wildman–Crippen LogP) is 3.27. The smallest absolute Gasteiger partial charge is 0.337 e. The fourth-order valence-electron chi connectivity index (χ4n) is 1.94. The molecule has 0 aliphatic heterocycles. The summed E-state index contributed by atoms with van der Waals surface area (Å²) < 4.78 is 0. The number of rotatable bonds is 4.